The molecule has 1 heterocycles. The first-order chi connectivity index (χ1) is 13.2. The van der Waals surface area contributed by atoms with Crippen LogP contribution in [0.3, 0.4) is 0 Å². The maximum Gasteiger partial charge on any atom is 0.230 e. The molecule has 0 saturated carbocycles. The van der Waals surface area contributed by atoms with E-state index in [4.69, 9.17) is 0 Å². The molecule has 1 aromatic heterocycles. The molecule has 0 unspecified atom stereocenters. The van der Waals surface area contributed by atoms with Gasteiger partial charge in [-0.2, -0.15) is 0 Å². The molecule has 2 N–H and O–H groups in total. The first kappa shape index (κ1) is 19.4. The molecule has 0 fully saturated rings. The van der Waals surface area contributed by atoms with Gasteiger partial charge in [0.1, 0.15) is 0 Å². The van der Waals surface area contributed by atoms with Gasteiger partial charge in [-0.25, -0.2) is 0 Å². The smallest absolute Gasteiger partial charge is 0.230 e. The summed E-state index contributed by atoms with van der Waals surface area (Å²) < 4.78 is 0.778. The van der Waals surface area contributed by atoms with Crippen molar-refractivity contribution in [3.63, 3.8) is 0 Å². The van der Waals surface area contributed by atoms with Crippen molar-refractivity contribution < 1.29 is 4.79 Å². The highest BCUT2D eigenvalue weighted by atomic mass is 32.2. The van der Waals surface area contributed by atoms with Crippen LogP contribution in [0.1, 0.15) is 18.9 Å². The second-order valence-corrected chi connectivity index (χ2v) is 8.35. The van der Waals surface area contributed by atoms with E-state index in [2.05, 4.69) is 33.0 Å². The molecule has 140 valence electrons. The quantitative estimate of drug-likeness (QED) is 0.519. The fraction of sp³-hybridized carbons (Fsp3) is 0.250. The fourth-order valence-electron chi connectivity index (χ4n) is 2.51. The molecule has 1 amide bonds. The van der Waals surface area contributed by atoms with Gasteiger partial charge in [-0.15, -0.1) is 10.2 Å². The van der Waals surface area contributed by atoms with E-state index in [1.807, 2.05) is 55.5 Å². The molecule has 3 rings (SSSR count). The normalized spacial score (nSPS) is 11.7. The van der Waals surface area contributed by atoms with Gasteiger partial charge in [-0.1, -0.05) is 71.6 Å². The molecule has 0 spiro atoms. The molecule has 1 atom stereocenters. The van der Waals surface area contributed by atoms with Crippen LogP contribution in [0.4, 0.5) is 10.8 Å². The Morgan fingerprint density at radius 1 is 1.07 bits per heavy atom. The lowest BCUT2D eigenvalue weighted by atomic mass is 10.1. The Labute approximate surface area is 167 Å². The van der Waals surface area contributed by atoms with Crippen molar-refractivity contribution >= 4 is 39.8 Å². The van der Waals surface area contributed by atoms with Crippen molar-refractivity contribution in [3.8, 4) is 0 Å². The summed E-state index contributed by atoms with van der Waals surface area (Å²) in [5, 5.41) is 15.2. The van der Waals surface area contributed by atoms with Crippen LogP contribution in [0.25, 0.3) is 0 Å². The van der Waals surface area contributed by atoms with Gasteiger partial charge in [0, 0.05) is 11.7 Å². The van der Waals surface area contributed by atoms with E-state index in [0.29, 0.717) is 5.75 Å². The Morgan fingerprint density at radius 3 is 2.52 bits per heavy atom. The second kappa shape index (κ2) is 10.1. The second-order valence-electron chi connectivity index (χ2n) is 6.15. The fourth-order valence-corrected chi connectivity index (χ4v) is 4.09. The number of nitrogens with one attached hydrogen (secondary N) is 2. The van der Waals surface area contributed by atoms with E-state index >= 15 is 0 Å². The number of para-hydroxylation sites is 1. The summed E-state index contributed by atoms with van der Waals surface area (Å²) in [7, 11) is 0. The Kier molecular flexibility index (Phi) is 7.24. The minimum atomic E-state index is 0.0216. The topological polar surface area (TPSA) is 66.9 Å². The van der Waals surface area contributed by atoms with Gasteiger partial charge in [0.05, 0.1) is 5.75 Å². The monoisotopic (exact) mass is 398 g/mol. The van der Waals surface area contributed by atoms with Crippen molar-refractivity contribution in [2.75, 3.05) is 11.1 Å². The molecular weight excluding hydrogens is 376 g/mol. The van der Waals surface area contributed by atoms with E-state index < -0.39 is 0 Å². The average Bonchev–Trinajstić information content (AvgIpc) is 3.14. The molecule has 3 aromatic rings. The molecule has 0 radical (unpaired) electrons. The minimum Gasteiger partial charge on any atom is -0.353 e. The zero-order valence-electron chi connectivity index (χ0n) is 15.1. The molecule has 2 aromatic carbocycles. The first-order valence-corrected chi connectivity index (χ1v) is 10.6. The summed E-state index contributed by atoms with van der Waals surface area (Å²) in [4.78, 5) is 12.1. The summed E-state index contributed by atoms with van der Waals surface area (Å²) in [6.45, 7) is 2.04. The van der Waals surface area contributed by atoms with Crippen LogP contribution in [0.5, 0.6) is 0 Å². The highest BCUT2D eigenvalue weighted by molar-refractivity contribution is 8.01. The van der Waals surface area contributed by atoms with E-state index in [1.165, 1.54) is 28.7 Å². The van der Waals surface area contributed by atoms with E-state index in [0.717, 1.165) is 28.0 Å². The third kappa shape index (κ3) is 6.69. The van der Waals surface area contributed by atoms with Gasteiger partial charge in [-0.3, -0.25) is 4.79 Å². The molecule has 0 aliphatic rings. The number of carbonyl (C=O) groups excluding carboxylic acids is 1. The number of amides is 1. The highest BCUT2D eigenvalue weighted by Crippen LogP contribution is 2.27. The Morgan fingerprint density at radius 2 is 1.78 bits per heavy atom. The number of aromatic nitrogens is 2. The van der Waals surface area contributed by atoms with Gasteiger partial charge >= 0.3 is 0 Å². The van der Waals surface area contributed by atoms with Crippen LogP contribution in [0.15, 0.2) is 65.0 Å². The van der Waals surface area contributed by atoms with Crippen LogP contribution in [0.2, 0.25) is 0 Å². The number of aryl methyl sites for hydroxylation is 1. The maximum absolute atomic E-state index is 12.1. The number of rotatable bonds is 9. The molecule has 0 aliphatic heterocycles. The SMILES string of the molecule is C[C@H](CCc1ccccc1)NC(=O)CSc1nnc(Nc2ccccc2)s1. The number of benzene rings is 2. The largest absolute Gasteiger partial charge is 0.353 e. The van der Waals surface area contributed by atoms with E-state index in [1.54, 1.807) is 0 Å². The van der Waals surface area contributed by atoms with Crippen LogP contribution < -0.4 is 10.6 Å². The number of hydrogen-bond donors (Lipinski definition) is 2. The summed E-state index contributed by atoms with van der Waals surface area (Å²) in [6.07, 6.45) is 1.88. The van der Waals surface area contributed by atoms with Crippen LogP contribution in [0, 0.1) is 0 Å². The summed E-state index contributed by atoms with van der Waals surface area (Å²) in [5.41, 5.74) is 2.26. The molecule has 0 aliphatic carbocycles. The van der Waals surface area contributed by atoms with Crippen molar-refractivity contribution in [1.82, 2.24) is 15.5 Å². The standard InChI is InChI=1S/C20H22N4OS2/c1-15(12-13-16-8-4-2-5-9-16)21-18(25)14-26-20-24-23-19(27-20)22-17-10-6-3-7-11-17/h2-11,15H,12-14H2,1H3,(H,21,25)(H,22,23)/t15-/m1/s1. The summed E-state index contributed by atoms with van der Waals surface area (Å²) >= 11 is 2.85. The number of anilines is 2. The third-order valence-corrected chi connectivity index (χ3v) is 5.85. The molecule has 7 heteroatoms. The van der Waals surface area contributed by atoms with Gasteiger partial charge < -0.3 is 10.6 Å². The number of hydrogen-bond acceptors (Lipinski definition) is 6. The lowest BCUT2D eigenvalue weighted by molar-refractivity contribution is -0.119. The molecular formula is C20H22N4OS2. The Bertz CT molecular complexity index is 839. The van der Waals surface area contributed by atoms with Crippen molar-refractivity contribution in [1.29, 1.82) is 0 Å². The lowest BCUT2D eigenvalue weighted by Crippen LogP contribution is -2.34. The molecule has 27 heavy (non-hydrogen) atoms. The van der Waals surface area contributed by atoms with Gasteiger partial charge in [-0.05, 0) is 37.5 Å². The van der Waals surface area contributed by atoms with Crippen LogP contribution in [-0.2, 0) is 11.2 Å². The van der Waals surface area contributed by atoms with Gasteiger partial charge in [0.2, 0.25) is 11.0 Å². The van der Waals surface area contributed by atoms with Crippen molar-refractivity contribution in [2.45, 2.75) is 30.1 Å². The number of carbonyl (C=O) groups is 1. The average molecular weight is 399 g/mol. The third-order valence-electron chi connectivity index (χ3n) is 3.87. The molecule has 0 bridgehead atoms. The zero-order valence-corrected chi connectivity index (χ0v) is 16.7. The Hall–Kier alpha value is -2.38. The number of thioether (sulfide) groups is 1. The highest BCUT2D eigenvalue weighted by Gasteiger charge is 2.11. The van der Waals surface area contributed by atoms with E-state index in [-0.39, 0.29) is 11.9 Å². The van der Waals surface area contributed by atoms with Crippen molar-refractivity contribution in [2.24, 2.45) is 0 Å². The molecule has 0 saturated heterocycles. The van der Waals surface area contributed by atoms with Gasteiger partial charge in [0.25, 0.3) is 0 Å². The van der Waals surface area contributed by atoms with Crippen LogP contribution >= 0.6 is 23.1 Å². The summed E-state index contributed by atoms with van der Waals surface area (Å²) in [5.74, 6) is 0.365. The summed E-state index contributed by atoms with van der Waals surface area (Å²) in [6, 6.07) is 20.3. The van der Waals surface area contributed by atoms with Crippen LogP contribution in [-0.4, -0.2) is 27.9 Å². The molecule has 5 nitrogen and oxygen atoms in total. The Balaban J connectivity index is 1.38. The lowest BCUT2D eigenvalue weighted by Gasteiger charge is -2.13. The predicted octanol–water partition coefficient (Wildman–Crippen LogP) is 4.51. The predicted molar refractivity (Wildman–Crippen MR) is 113 cm³/mol. The van der Waals surface area contributed by atoms with Gasteiger partial charge in [0.15, 0.2) is 4.34 Å². The van der Waals surface area contributed by atoms with Crippen molar-refractivity contribution in [3.05, 3.63) is 66.2 Å². The zero-order chi connectivity index (χ0) is 18.9. The van der Waals surface area contributed by atoms with E-state index in [9.17, 15) is 4.79 Å². The number of nitrogens with zero attached hydrogens (tertiary/aromatic N) is 2. The maximum atomic E-state index is 12.1. The first-order valence-electron chi connectivity index (χ1n) is 8.81. The minimum absolute atomic E-state index is 0.0216.